The Morgan fingerprint density at radius 3 is 2.16 bits per heavy atom. The Morgan fingerprint density at radius 1 is 1.16 bits per heavy atom. The van der Waals surface area contributed by atoms with Crippen LogP contribution in [-0.4, -0.2) is 43.0 Å². The molecule has 0 spiro atoms. The third-order valence-corrected chi connectivity index (χ3v) is 2.75. The van der Waals surface area contributed by atoms with E-state index in [0.717, 1.165) is 0 Å². The van der Waals surface area contributed by atoms with E-state index in [0.29, 0.717) is 31.3 Å². The van der Waals surface area contributed by atoms with E-state index in [2.05, 4.69) is 4.74 Å². The monoisotopic (exact) mass is 272 g/mol. The van der Waals surface area contributed by atoms with Crippen LogP contribution < -0.4 is 5.73 Å². The van der Waals surface area contributed by atoms with Gasteiger partial charge in [0.05, 0.1) is 19.6 Å². The third kappa shape index (κ3) is 7.82. The van der Waals surface area contributed by atoms with Crippen LogP contribution in [0.4, 0.5) is 0 Å². The summed E-state index contributed by atoms with van der Waals surface area (Å²) in [7, 11) is 1.35. The first-order valence-electron chi connectivity index (χ1n) is 6.89. The fourth-order valence-electron chi connectivity index (χ4n) is 1.90. The summed E-state index contributed by atoms with van der Waals surface area (Å²) in [6, 6.07) is -0.489. The van der Waals surface area contributed by atoms with E-state index < -0.39 is 6.04 Å². The summed E-state index contributed by atoms with van der Waals surface area (Å²) in [4.78, 5) is 25.1. The Morgan fingerprint density at radius 2 is 1.74 bits per heavy atom. The van der Waals surface area contributed by atoms with Gasteiger partial charge in [0.25, 0.3) is 0 Å². The molecule has 2 N–H and O–H groups in total. The predicted molar refractivity (Wildman–Crippen MR) is 75.5 cm³/mol. The molecule has 0 saturated carbocycles. The SMILES string of the molecule is COC(=O)CCN(CC(C)C)C(=O)[C@@H](N)CC(C)C. The molecule has 5 heteroatoms. The van der Waals surface area contributed by atoms with Crippen LogP contribution in [0.2, 0.25) is 0 Å². The molecule has 1 amide bonds. The minimum absolute atomic E-state index is 0.0775. The highest BCUT2D eigenvalue weighted by atomic mass is 16.5. The van der Waals surface area contributed by atoms with Gasteiger partial charge in [-0.3, -0.25) is 9.59 Å². The molecule has 0 bridgehead atoms. The van der Waals surface area contributed by atoms with Gasteiger partial charge in [-0.15, -0.1) is 0 Å². The lowest BCUT2D eigenvalue weighted by Crippen LogP contribution is -2.46. The number of hydrogen-bond donors (Lipinski definition) is 1. The van der Waals surface area contributed by atoms with Crippen LogP contribution in [0.5, 0.6) is 0 Å². The van der Waals surface area contributed by atoms with E-state index in [-0.39, 0.29) is 18.3 Å². The molecular weight excluding hydrogens is 244 g/mol. The zero-order valence-corrected chi connectivity index (χ0v) is 12.8. The van der Waals surface area contributed by atoms with Crippen molar-refractivity contribution in [2.75, 3.05) is 20.2 Å². The fraction of sp³-hybridized carbons (Fsp3) is 0.857. The van der Waals surface area contributed by atoms with Gasteiger partial charge in [0.1, 0.15) is 0 Å². The summed E-state index contributed by atoms with van der Waals surface area (Å²) in [5.41, 5.74) is 5.93. The van der Waals surface area contributed by atoms with E-state index in [4.69, 9.17) is 5.73 Å². The van der Waals surface area contributed by atoms with Crippen molar-refractivity contribution in [1.82, 2.24) is 4.90 Å². The summed E-state index contributed by atoms with van der Waals surface area (Å²) in [6.45, 7) is 9.12. The second-order valence-electron chi connectivity index (χ2n) is 5.74. The van der Waals surface area contributed by atoms with Gasteiger partial charge in [0.15, 0.2) is 0 Å². The topological polar surface area (TPSA) is 72.6 Å². The molecule has 0 rings (SSSR count). The van der Waals surface area contributed by atoms with Crippen LogP contribution in [0.15, 0.2) is 0 Å². The normalized spacial score (nSPS) is 12.6. The van der Waals surface area contributed by atoms with E-state index in [1.54, 1.807) is 4.90 Å². The number of carbonyl (C=O) groups is 2. The molecule has 0 aromatic rings. The van der Waals surface area contributed by atoms with Gasteiger partial charge in [-0.05, 0) is 18.3 Å². The van der Waals surface area contributed by atoms with Gasteiger partial charge in [-0.2, -0.15) is 0 Å². The Balaban J connectivity index is 4.54. The lowest BCUT2D eigenvalue weighted by Gasteiger charge is -2.27. The van der Waals surface area contributed by atoms with Gasteiger partial charge in [-0.25, -0.2) is 0 Å². The molecule has 0 saturated heterocycles. The van der Waals surface area contributed by atoms with Gasteiger partial charge in [0.2, 0.25) is 5.91 Å². The number of hydrogen-bond acceptors (Lipinski definition) is 4. The quantitative estimate of drug-likeness (QED) is 0.678. The van der Waals surface area contributed by atoms with Crippen molar-refractivity contribution in [3.63, 3.8) is 0 Å². The average molecular weight is 272 g/mol. The molecule has 0 fully saturated rings. The number of carbonyl (C=O) groups excluding carboxylic acids is 2. The lowest BCUT2D eigenvalue weighted by molar-refractivity contribution is -0.142. The number of nitrogens with zero attached hydrogens (tertiary/aromatic N) is 1. The molecule has 0 radical (unpaired) electrons. The Bertz CT molecular complexity index is 290. The smallest absolute Gasteiger partial charge is 0.307 e. The second-order valence-corrected chi connectivity index (χ2v) is 5.74. The maximum absolute atomic E-state index is 12.3. The average Bonchev–Trinajstić information content (AvgIpc) is 2.31. The number of amides is 1. The summed E-state index contributed by atoms with van der Waals surface area (Å²) >= 11 is 0. The zero-order valence-electron chi connectivity index (χ0n) is 12.8. The van der Waals surface area contributed by atoms with Crippen LogP contribution in [0.25, 0.3) is 0 Å². The summed E-state index contributed by atoms with van der Waals surface area (Å²) < 4.78 is 4.60. The van der Waals surface area contributed by atoms with Crippen LogP contribution in [0.3, 0.4) is 0 Å². The van der Waals surface area contributed by atoms with Gasteiger partial charge < -0.3 is 15.4 Å². The van der Waals surface area contributed by atoms with Gasteiger partial charge in [0, 0.05) is 13.1 Å². The van der Waals surface area contributed by atoms with E-state index in [9.17, 15) is 9.59 Å². The molecule has 0 aliphatic heterocycles. The maximum Gasteiger partial charge on any atom is 0.307 e. The minimum Gasteiger partial charge on any atom is -0.469 e. The number of methoxy groups -OCH3 is 1. The van der Waals surface area contributed by atoms with Crippen LogP contribution in [0, 0.1) is 11.8 Å². The van der Waals surface area contributed by atoms with Crippen molar-refractivity contribution >= 4 is 11.9 Å². The largest absolute Gasteiger partial charge is 0.469 e. The molecule has 19 heavy (non-hydrogen) atoms. The second kappa shape index (κ2) is 8.91. The maximum atomic E-state index is 12.3. The zero-order chi connectivity index (χ0) is 15.0. The standard InChI is InChI=1S/C14H28N2O3/c1-10(2)8-12(15)14(18)16(9-11(3)4)7-6-13(17)19-5/h10-12H,6-9,15H2,1-5H3/t12-/m0/s1. The van der Waals surface area contributed by atoms with E-state index >= 15 is 0 Å². The minimum atomic E-state index is -0.489. The number of ether oxygens (including phenoxy) is 1. The molecule has 0 heterocycles. The van der Waals surface area contributed by atoms with Crippen molar-refractivity contribution in [2.24, 2.45) is 17.6 Å². The van der Waals surface area contributed by atoms with Crippen molar-refractivity contribution in [2.45, 2.75) is 46.6 Å². The highest BCUT2D eigenvalue weighted by Crippen LogP contribution is 2.09. The van der Waals surface area contributed by atoms with Crippen LogP contribution in [0.1, 0.15) is 40.5 Å². The van der Waals surface area contributed by atoms with Crippen molar-refractivity contribution < 1.29 is 14.3 Å². The highest BCUT2D eigenvalue weighted by molar-refractivity contribution is 5.82. The van der Waals surface area contributed by atoms with E-state index in [1.807, 2.05) is 27.7 Å². The Hall–Kier alpha value is -1.10. The highest BCUT2D eigenvalue weighted by Gasteiger charge is 2.23. The molecule has 0 unspecified atom stereocenters. The van der Waals surface area contributed by atoms with Gasteiger partial charge >= 0.3 is 5.97 Å². The number of esters is 1. The Labute approximate surface area is 116 Å². The number of rotatable bonds is 8. The fourth-order valence-corrected chi connectivity index (χ4v) is 1.90. The summed E-state index contributed by atoms with van der Waals surface area (Å²) in [5, 5.41) is 0. The molecule has 1 atom stereocenters. The van der Waals surface area contributed by atoms with Crippen molar-refractivity contribution in [3.05, 3.63) is 0 Å². The van der Waals surface area contributed by atoms with E-state index in [1.165, 1.54) is 7.11 Å². The lowest BCUT2D eigenvalue weighted by atomic mass is 10.0. The summed E-state index contributed by atoms with van der Waals surface area (Å²) in [5.74, 6) is 0.332. The predicted octanol–water partition coefficient (Wildman–Crippen LogP) is 1.41. The molecule has 0 aliphatic carbocycles. The Kier molecular flexibility index (Phi) is 8.39. The first-order valence-corrected chi connectivity index (χ1v) is 6.89. The molecule has 0 aromatic heterocycles. The van der Waals surface area contributed by atoms with Crippen LogP contribution in [-0.2, 0) is 14.3 Å². The molecule has 0 aromatic carbocycles. The van der Waals surface area contributed by atoms with Gasteiger partial charge in [-0.1, -0.05) is 27.7 Å². The first-order chi connectivity index (χ1) is 8.77. The molecule has 0 aliphatic rings. The van der Waals surface area contributed by atoms with Crippen LogP contribution >= 0.6 is 0 Å². The molecule has 5 nitrogen and oxygen atoms in total. The number of nitrogens with two attached hydrogens (primary N) is 1. The molecular formula is C14H28N2O3. The summed E-state index contributed by atoms with van der Waals surface area (Å²) in [6.07, 6.45) is 0.870. The van der Waals surface area contributed by atoms with Crippen molar-refractivity contribution in [1.29, 1.82) is 0 Å². The first kappa shape index (κ1) is 17.9. The molecule has 112 valence electrons. The third-order valence-electron chi connectivity index (χ3n) is 2.75. The van der Waals surface area contributed by atoms with Crippen molar-refractivity contribution in [3.8, 4) is 0 Å².